The lowest BCUT2D eigenvalue weighted by atomic mass is 9.67. The lowest BCUT2D eigenvalue weighted by molar-refractivity contribution is 0.665. The summed E-state index contributed by atoms with van der Waals surface area (Å²) in [4.78, 5) is 0. The Bertz CT molecular complexity index is 1280. The number of hydrogen-bond acceptors (Lipinski definition) is 0. The fourth-order valence-electron chi connectivity index (χ4n) is 5.65. The number of hydrogen-bond donors (Lipinski definition) is 0. The molecular formula is C32H30Br2. The van der Waals surface area contributed by atoms with Crippen LogP contribution in [0.25, 0.3) is 11.1 Å². The minimum Gasteiger partial charge on any atom is -0.0654 e. The summed E-state index contributed by atoms with van der Waals surface area (Å²) in [6.45, 7) is 4.47. The van der Waals surface area contributed by atoms with Crippen LogP contribution in [0.1, 0.15) is 66.0 Å². The van der Waals surface area contributed by atoms with Crippen molar-refractivity contribution in [1.29, 1.82) is 0 Å². The first-order chi connectivity index (χ1) is 16.5. The van der Waals surface area contributed by atoms with E-state index in [9.17, 15) is 0 Å². The first-order valence-corrected chi connectivity index (χ1v) is 13.9. The van der Waals surface area contributed by atoms with Crippen LogP contribution in [0.5, 0.6) is 0 Å². The van der Waals surface area contributed by atoms with Crippen molar-refractivity contribution in [3.63, 3.8) is 0 Å². The zero-order chi connectivity index (χ0) is 23.7. The normalized spacial score (nSPS) is 13.5. The molecule has 0 saturated carbocycles. The van der Waals surface area contributed by atoms with Gasteiger partial charge in [0.2, 0.25) is 0 Å². The number of benzene rings is 4. The third-order valence-electron chi connectivity index (χ3n) is 7.19. The molecule has 0 amide bonds. The van der Waals surface area contributed by atoms with Gasteiger partial charge in [-0.15, -0.1) is 0 Å². The number of unbranched alkanes of at least 4 members (excludes halogenated alkanes) is 3. The molecule has 0 fully saturated rings. The highest BCUT2D eigenvalue weighted by molar-refractivity contribution is 9.10. The molecule has 1 aliphatic carbocycles. The van der Waals surface area contributed by atoms with Crippen LogP contribution in [0.15, 0.2) is 93.9 Å². The summed E-state index contributed by atoms with van der Waals surface area (Å²) in [5.41, 5.74) is 10.4. The van der Waals surface area contributed by atoms with Gasteiger partial charge in [0.25, 0.3) is 0 Å². The van der Waals surface area contributed by atoms with Gasteiger partial charge in [-0.1, -0.05) is 124 Å². The molecule has 0 aliphatic heterocycles. The monoisotopic (exact) mass is 572 g/mol. The van der Waals surface area contributed by atoms with E-state index >= 15 is 0 Å². The van der Waals surface area contributed by atoms with Gasteiger partial charge in [0.1, 0.15) is 0 Å². The molecule has 0 radical (unpaired) electrons. The SMILES string of the molecule is CCCCCCc1cccc(C2(c3cccc(C)c3)c3cc(Br)ccc3-c3ccc(Br)cc32)c1. The zero-order valence-electron chi connectivity index (χ0n) is 19.9. The quantitative estimate of drug-likeness (QED) is 0.170. The van der Waals surface area contributed by atoms with E-state index in [0.29, 0.717) is 0 Å². The molecule has 0 spiro atoms. The van der Waals surface area contributed by atoms with Crippen LogP contribution in [0, 0.1) is 6.92 Å². The highest BCUT2D eigenvalue weighted by Gasteiger charge is 2.46. The fourth-order valence-corrected chi connectivity index (χ4v) is 6.37. The fraction of sp³-hybridized carbons (Fsp3) is 0.250. The minimum atomic E-state index is -0.357. The molecule has 4 aromatic carbocycles. The van der Waals surface area contributed by atoms with Crippen molar-refractivity contribution in [3.05, 3.63) is 127 Å². The molecule has 0 N–H and O–H groups in total. The van der Waals surface area contributed by atoms with Crippen molar-refractivity contribution < 1.29 is 0 Å². The van der Waals surface area contributed by atoms with E-state index in [2.05, 4.69) is 131 Å². The summed E-state index contributed by atoms with van der Waals surface area (Å²) in [7, 11) is 0. The Balaban J connectivity index is 1.79. The van der Waals surface area contributed by atoms with Crippen LogP contribution in [0.2, 0.25) is 0 Å². The molecule has 2 heteroatoms. The lowest BCUT2D eigenvalue weighted by Crippen LogP contribution is -2.29. The van der Waals surface area contributed by atoms with Crippen LogP contribution < -0.4 is 0 Å². The number of halogens is 2. The van der Waals surface area contributed by atoms with E-state index in [1.807, 2.05) is 0 Å². The maximum Gasteiger partial charge on any atom is 0.0714 e. The van der Waals surface area contributed by atoms with Gasteiger partial charge in [-0.2, -0.15) is 0 Å². The zero-order valence-corrected chi connectivity index (χ0v) is 23.0. The Kier molecular flexibility index (Phi) is 6.82. The maximum absolute atomic E-state index is 3.79. The first kappa shape index (κ1) is 23.6. The second-order valence-corrected chi connectivity index (χ2v) is 11.3. The van der Waals surface area contributed by atoms with Gasteiger partial charge in [0.15, 0.2) is 0 Å². The summed E-state index contributed by atoms with van der Waals surface area (Å²) in [5.74, 6) is 0. The smallest absolute Gasteiger partial charge is 0.0654 e. The summed E-state index contributed by atoms with van der Waals surface area (Å²) >= 11 is 7.58. The van der Waals surface area contributed by atoms with E-state index in [4.69, 9.17) is 0 Å². The molecule has 0 heterocycles. The average Bonchev–Trinajstić information content (AvgIpc) is 3.11. The van der Waals surface area contributed by atoms with Crippen molar-refractivity contribution in [2.75, 3.05) is 0 Å². The van der Waals surface area contributed by atoms with Crippen molar-refractivity contribution in [2.45, 2.75) is 51.4 Å². The molecule has 0 unspecified atom stereocenters. The summed E-state index contributed by atoms with van der Waals surface area (Å²) < 4.78 is 2.23. The molecule has 172 valence electrons. The van der Waals surface area contributed by atoms with E-state index in [1.165, 1.54) is 70.2 Å². The number of fused-ring (bicyclic) bond motifs is 3. The van der Waals surface area contributed by atoms with Crippen molar-refractivity contribution in [2.24, 2.45) is 0 Å². The molecule has 0 aromatic heterocycles. The van der Waals surface area contributed by atoms with Crippen LogP contribution in [0.4, 0.5) is 0 Å². The van der Waals surface area contributed by atoms with E-state index in [-0.39, 0.29) is 5.41 Å². The summed E-state index contributed by atoms with van der Waals surface area (Å²) in [6, 6.07) is 32.0. The number of rotatable bonds is 7. The molecule has 0 bridgehead atoms. The van der Waals surface area contributed by atoms with E-state index in [0.717, 1.165) is 15.4 Å². The van der Waals surface area contributed by atoms with Gasteiger partial charge < -0.3 is 0 Å². The van der Waals surface area contributed by atoms with Gasteiger partial charge in [-0.05, 0) is 83.0 Å². The molecule has 0 nitrogen and oxygen atoms in total. The van der Waals surface area contributed by atoms with Crippen LogP contribution >= 0.6 is 31.9 Å². The average molecular weight is 574 g/mol. The van der Waals surface area contributed by atoms with Crippen LogP contribution in [0.3, 0.4) is 0 Å². The molecule has 1 aliphatic rings. The Morgan fingerprint density at radius 2 is 1.26 bits per heavy atom. The second kappa shape index (κ2) is 9.84. The van der Waals surface area contributed by atoms with Crippen LogP contribution in [-0.4, -0.2) is 0 Å². The molecule has 4 aromatic rings. The van der Waals surface area contributed by atoms with Crippen molar-refractivity contribution >= 4 is 31.9 Å². The van der Waals surface area contributed by atoms with Gasteiger partial charge in [-0.3, -0.25) is 0 Å². The third kappa shape index (κ3) is 4.10. The molecule has 0 atom stereocenters. The van der Waals surface area contributed by atoms with Crippen molar-refractivity contribution in [3.8, 4) is 11.1 Å². The Hall–Kier alpha value is -2.16. The van der Waals surface area contributed by atoms with Gasteiger partial charge >= 0.3 is 0 Å². The van der Waals surface area contributed by atoms with E-state index < -0.39 is 0 Å². The Labute approximate surface area is 220 Å². The molecule has 34 heavy (non-hydrogen) atoms. The Morgan fingerprint density at radius 1 is 0.647 bits per heavy atom. The first-order valence-electron chi connectivity index (χ1n) is 12.3. The predicted octanol–water partition coefficient (Wildman–Crippen LogP) is 10.0. The predicted molar refractivity (Wildman–Crippen MR) is 152 cm³/mol. The standard InChI is InChI=1S/C32H30Br2/c1-3-4-5-6-10-23-11-8-13-25(19-23)32(24-12-7-9-22(2)18-24)30-20-26(33)14-16-28(30)29-17-15-27(34)21-31(29)32/h7-9,11-21H,3-6,10H2,1-2H3. The third-order valence-corrected chi connectivity index (χ3v) is 8.18. The Morgan fingerprint density at radius 3 is 1.88 bits per heavy atom. The van der Waals surface area contributed by atoms with Gasteiger partial charge in [-0.25, -0.2) is 0 Å². The van der Waals surface area contributed by atoms with Gasteiger partial charge in [0, 0.05) is 8.95 Å². The summed E-state index contributed by atoms with van der Waals surface area (Å²) in [6.07, 6.45) is 6.27. The molecule has 0 saturated heterocycles. The topological polar surface area (TPSA) is 0 Å². The highest BCUT2D eigenvalue weighted by atomic mass is 79.9. The largest absolute Gasteiger partial charge is 0.0714 e. The van der Waals surface area contributed by atoms with Crippen LogP contribution in [-0.2, 0) is 11.8 Å². The molecule has 5 rings (SSSR count). The summed E-state index contributed by atoms with van der Waals surface area (Å²) in [5, 5.41) is 0. The van der Waals surface area contributed by atoms with E-state index in [1.54, 1.807) is 0 Å². The highest BCUT2D eigenvalue weighted by Crippen LogP contribution is 2.57. The molecular weight excluding hydrogens is 544 g/mol. The minimum absolute atomic E-state index is 0.357. The number of aryl methyl sites for hydroxylation is 2. The van der Waals surface area contributed by atoms with Crippen molar-refractivity contribution in [1.82, 2.24) is 0 Å². The maximum atomic E-state index is 3.79. The van der Waals surface area contributed by atoms with Gasteiger partial charge in [0.05, 0.1) is 5.41 Å². The second-order valence-electron chi connectivity index (χ2n) is 9.51. The lowest BCUT2D eigenvalue weighted by Gasteiger charge is -2.34.